The standard InChI is InChI=1S/C23H21N3O2S/c1-17-7-9-19(10-8-17)22-16-26(15-18-5-3-2-4-6-18)25-23(22)20-11-13-21(14-12-20)29(24,27)28/h2-14,16H,15H2,1H3,(H2,24,27,28). The molecular weight excluding hydrogens is 382 g/mol. The van der Waals surface area contributed by atoms with Crippen LogP contribution in [0.25, 0.3) is 22.4 Å². The number of hydrogen-bond donors (Lipinski definition) is 1. The summed E-state index contributed by atoms with van der Waals surface area (Å²) < 4.78 is 25.0. The fourth-order valence-corrected chi connectivity index (χ4v) is 3.75. The maximum Gasteiger partial charge on any atom is 0.238 e. The molecule has 3 aromatic carbocycles. The Morgan fingerprint density at radius 3 is 2.10 bits per heavy atom. The molecule has 0 unspecified atom stereocenters. The Bertz CT molecular complexity index is 1230. The quantitative estimate of drug-likeness (QED) is 0.542. The first-order chi connectivity index (χ1) is 13.9. The molecule has 0 spiro atoms. The van der Waals surface area contributed by atoms with Gasteiger partial charge in [0.15, 0.2) is 0 Å². The summed E-state index contributed by atoms with van der Waals surface area (Å²) in [7, 11) is -3.73. The highest BCUT2D eigenvalue weighted by Gasteiger charge is 2.15. The Hall–Kier alpha value is -3.22. The second-order valence-corrected chi connectivity index (χ2v) is 8.57. The zero-order valence-electron chi connectivity index (χ0n) is 16.0. The normalized spacial score (nSPS) is 11.5. The third-order valence-electron chi connectivity index (χ3n) is 4.77. The van der Waals surface area contributed by atoms with E-state index in [1.807, 2.05) is 29.1 Å². The van der Waals surface area contributed by atoms with E-state index in [9.17, 15) is 8.42 Å². The predicted molar refractivity (Wildman–Crippen MR) is 115 cm³/mol. The Morgan fingerprint density at radius 1 is 0.862 bits per heavy atom. The molecule has 0 aliphatic heterocycles. The molecule has 0 radical (unpaired) electrons. The molecule has 146 valence electrons. The summed E-state index contributed by atoms with van der Waals surface area (Å²) in [4.78, 5) is 0.0851. The van der Waals surface area contributed by atoms with Crippen molar-refractivity contribution in [3.05, 3.63) is 96.2 Å². The van der Waals surface area contributed by atoms with E-state index in [1.54, 1.807) is 12.1 Å². The summed E-state index contributed by atoms with van der Waals surface area (Å²) in [6, 6.07) is 24.9. The van der Waals surface area contributed by atoms with E-state index >= 15 is 0 Å². The molecule has 0 saturated carbocycles. The molecule has 0 bridgehead atoms. The minimum atomic E-state index is -3.73. The number of nitrogens with zero attached hydrogens (tertiary/aromatic N) is 2. The van der Waals surface area contributed by atoms with Crippen LogP contribution in [0.2, 0.25) is 0 Å². The van der Waals surface area contributed by atoms with Crippen molar-refractivity contribution in [2.24, 2.45) is 5.14 Å². The van der Waals surface area contributed by atoms with Crippen LogP contribution in [0.3, 0.4) is 0 Å². The van der Waals surface area contributed by atoms with Crippen LogP contribution in [-0.2, 0) is 16.6 Å². The fourth-order valence-electron chi connectivity index (χ4n) is 3.23. The maximum absolute atomic E-state index is 11.6. The molecule has 4 aromatic rings. The smallest absolute Gasteiger partial charge is 0.238 e. The second kappa shape index (κ2) is 7.66. The number of nitrogens with two attached hydrogens (primary N) is 1. The molecule has 6 heteroatoms. The first kappa shape index (κ1) is 19.1. The van der Waals surface area contributed by atoms with Gasteiger partial charge < -0.3 is 0 Å². The molecule has 2 N–H and O–H groups in total. The van der Waals surface area contributed by atoms with Gasteiger partial charge in [-0.3, -0.25) is 4.68 Å². The average Bonchev–Trinajstić information content (AvgIpc) is 3.12. The van der Waals surface area contributed by atoms with Crippen molar-refractivity contribution in [3.8, 4) is 22.4 Å². The van der Waals surface area contributed by atoms with Crippen LogP contribution in [0, 0.1) is 6.92 Å². The van der Waals surface area contributed by atoms with Gasteiger partial charge in [0, 0.05) is 17.3 Å². The van der Waals surface area contributed by atoms with Crippen molar-refractivity contribution in [1.29, 1.82) is 0 Å². The molecule has 0 saturated heterocycles. The Balaban J connectivity index is 1.79. The van der Waals surface area contributed by atoms with Crippen LogP contribution in [0.4, 0.5) is 0 Å². The van der Waals surface area contributed by atoms with Gasteiger partial charge in [0.25, 0.3) is 0 Å². The zero-order chi connectivity index (χ0) is 20.4. The fraction of sp³-hybridized carbons (Fsp3) is 0.0870. The first-order valence-corrected chi connectivity index (χ1v) is 10.8. The first-order valence-electron chi connectivity index (χ1n) is 9.22. The molecule has 1 heterocycles. The summed E-state index contributed by atoms with van der Waals surface area (Å²) in [6.07, 6.45) is 2.03. The molecule has 0 atom stereocenters. The molecule has 0 fully saturated rings. The van der Waals surface area contributed by atoms with Gasteiger partial charge in [-0.15, -0.1) is 0 Å². The summed E-state index contributed by atoms with van der Waals surface area (Å²) in [5, 5.41) is 10.0. The number of primary sulfonamides is 1. The largest absolute Gasteiger partial charge is 0.267 e. The third-order valence-corrected chi connectivity index (χ3v) is 5.70. The minimum absolute atomic E-state index is 0.0851. The lowest BCUT2D eigenvalue weighted by Crippen LogP contribution is -2.11. The van der Waals surface area contributed by atoms with Crippen molar-refractivity contribution < 1.29 is 8.42 Å². The van der Waals surface area contributed by atoms with Gasteiger partial charge in [-0.05, 0) is 30.2 Å². The summed E-state index contributed by atoms with van der Waals surface area (Å²) in [6.45, 7) is 2.70. The minimum Gasteiger partial charge on any atom is -0.267 e. The average molecular weight is 404 g/mol. The van der Waals surface area contributed by atoms with Crippen LogP contribution in [0.5, 0.6) is 0 Å². The number of rotatable bonds is 5. The van der Waals surface area contributed by atoms with Crippen LogP contribution < -0.4 is 5.14 Å². The molecule has 1 aromatic heterocycles. The van der Waals surface area contributed by atoms with Crippen molar-refractivity contribution in [2.45, 2.75) is 18.4 Å². The topological polar surface area (TPSA) is 78.0 Å². The number of benzene rings is 3. The summed E-state index contributed by atoms with van der Waals surface area (Å²) >= 11 is 0. The van der Waals surface area contributed by atoms with Crippen molar-refractivity contribution in [1.82, 2.24) is 9.78 Å². The molecular formula is C23H21N3O2S. The van der Waals surface area contributed by atoms with Crippen molar-refractivity contribution in [3.63, 3.8) is 0 Å². The molecule has 29 heavy (non-hydrogen) atoms. The van der Waals surface area contributed by atoms with E-state index in [2.05, 4.69) is 43.3 Å². The van der Waals surface area contributed by atoms with Gasteiger partial charge >= 0.3 is 0 Å². The van der Waals surface area contributed by atoms with Crippen LogP contribution in [0.15, 0.2) is 90.0 Å². The van der Waals surface area contributed by atoms with Crippen LogP contribution in [-0.4, -0.2) is 18.2 Å². The zero-order valence-corrected chi connectivity index (χ0v) is 16.8. The Labute approximate surface area is 170 Å². The number of aryl methyl sites for hydroxylation is 1. The lowest BCUT2D eigenvalue weighted by molar-refractivity contribution is 0.598. The highest BCUT2D eigenvalue weighted by molar-refractivity contribution is 7.89. The van der Waals surface area contributed by atoms with Gasteiger partial charge in [-0.25, -0.2) is 13.6 Å². The second-order valence-electron chi connectivity index (χ2n) is 7.01. The van der Waals surface area contributed by atoms with Crippen LogP contribution in [0.1, 0.15) is 11.1 Å². The number of sulfonamides is 1. The Kier molecular flexibility index (Phi) is 5.05. The van der Waals surface area contributed by atoms with Crippen LogP contribution >= 0.6 is 0 Å². The lowest BCUT2D eigenvalue weighted by atomic mass is 10.0. The van der Waals surface area contributed by atoms with E-state index in [1.165, 1.54) is 17.7 Å². The maximum atomic E-state index is 11.6. The third kappa shape index (κ3) is 4.29. The van der Waals surface area contributed by atoms with Gasteiger partial charge in [-0.1, -0.05) is 72.3 Å². The highest BCUT2D eigenvalue weighted by atomic mass is 32.2. The molecule has 4 rings (SSSR count). The van der Waals surface area contributed by atoms with E-state index in [-0.39, 0.29) is 4.90 Å². The number of aromatic nitrogens is 2. The van der Waals surface area contributed by atoms with Gasteiger partial charge in [-0.2, -0.15) is 5.10 Å². The van der Waals surface area contributed by atoms with E-state index in [4.69, 9.17) is 10.2 Å². The van der Waals surface area contributed by atoms with Gasteiger partial charge in [0.2, 0.25) is 10.0 Å². The van der Waals surface area contributed by atoms with E-state index in [0.29, 0.717) is 6.54 Å². The SMILES string of the molecule is Cc1ccc(-c2cn(Cc3ccccc3)nc2-c2ccc(S(N)(=O)=O)cc2)cc1. The molecule has 5 nitrogen and oxygen atoms in total. The predicted octanol–water partition coefficient (Wildman–Crippen LogP) is 4.22. The monoisotopic (exact) mass is 403 g/mol. The van der Waals surface area contributed by atoms with Crippen molar-refractivity contribution in [2.75, 3.05) is 0 Å². The summed E-state index contributed by atoms with van der Waals surface area (Å²) in [5.74, 6) is 0. The highest BCUT2D eigenvalue weighted by Crippen LogP contribution is 2.32. The lowest BCUT2D eigenvalue weighted by Gasteiger charge is -2.05. The van der Waals surface area contributed by atoms with E-state index < -0.39 is 10.0 Å². The van der Waals surface area contributed by atoms with Gasteiger partial charge in [0.05, 0.1) is 11.4 Å². The Morgan fingerprint density at radius 2 is 1.48 bits per heavy atom. The molecule has 0 aliphatic carbocycles. The molecule has 0 amide bonds. The molecule has 0 aliphatic rings. The number of hydrogen-bond acceptors (Lipinski definition) is 3. The van der Waals surface area contributed by atoms with Crippen molar-refractivity contribution >= 4 is 10.0 Å². The van der Waals surface area contributed by atoms with Gasteiger partial charge in [0.1, 0.15) is 5.69 Å². The van der Waals surface area contributed by atoms with E-state index in [0.717, 1.165) is 27.9 Å². The summed E-state index contributed by atoms with van der Waals surface area (Å²) in [5.41, 5.74) is 6.02.